The summed E-state index contributed by atoms with van der Waals surface area (Å²) in [5.74, 6) is 0.513. The van der Waals surface area contributed by atoms with Crippen molar-refractivity contribution in [3.8, 4) is 11.4 Å². The molecule has 4 rings (SSSR count). The lowest BCUT2D eigenvalue weighted by molar-refractivity contribution is -0.139. The van der Waals surface area contributed by atoms with E-state index in [9.17, 15) is 4.79 Å². The summed E-state index contributed by atoms with van der Waals surface area (Å²) in [6, 6.07) is 2.41. The zero-order chi connectivity index (χ0) is 17.9. The Labute approximate surface area is 151 Å². The Morgan fingerprint density at radius 1 is 1.19 bits per heavy atom. The Morgan fingerprint density at radius 2 is 2.04 bits per heavy atom. The van der Waals surface area contributed by atoms with Gasteiger partial charge < -0.3 is 10.4 Å². The van der Waals surface area contributed by atoms with Gasteiger partial charge in [0.05, 0.1) is 18.4 Å². The second-order valence-electron chi connectivity index (χ2n) is 7.09. The van der Waals surface area contributed by atoms with E-state index in [0.29, 0.717) is 23.6 Å². The van der Waals surface area contributed by atoms with E-state index in [1.807, 2.05) is 6.07 Å². The molecule has 0 bridgehead atoms. The highest BCUT2D eigenvalue weighted by Crippen LogP contribution is 2.34. The van der Waals surface area contributed by atoms with E-state index in [1.54, 1.807) is 24.8 Å². The van der Waals surface area contributed by atoms with Crippen LogP contribution in [0.15, 0.2) is 30.9 Å². The predicted octanol–water partition coefficient (Wildman–Crippen LogP) is 1.67. The minimum absolute atomic E-state index is 0.131. The van der Waals surface area contributed by atoms with Gasteiger partial charge in [0.2, 0.25) is 5.95 Å². The first-order chi connectivity index (χ1) is 12.7. The lowest BCUT2D eigenvalue weighted by Crippen LogP contribution is -2.52. The molecule has 2 saturated carbocycles. The highest BCUT2D eigenvalue weighted by atomic mass is 16.4. The summed E-state index contributed by atoms with van der Waals surface area (Å²) < 4.78 is 0. The molecule has 2 fully saturated rings. The average molecular weight is 354 g/mol. The molecule has 2 aliphatic carbocycles. The molecule has 2 aromatic rings. The van der Waals surface area contributed by atoms with Gasteiger partial charge in [-0.15, -0.1) is 0 Å². The topological polar surface area (TPSA) is 104 Å². The molecule has 0 radical (unpaired) electrons. The molecule has 8 heteroatoms. The summed E-state index contributed by atoms with van der Waals surface area (Å²) in [7, 11) is 0. The zero-order valence-electron chi connectivity index (χ0n) is 14.5. The number of nitrogens with one attached hydrogen (secondary N) is 1. The lowest BCUT2D eigenvalue weighted by Gasteiger charge is -2.42. The average Bonchev–Trinajstić information content (AvgIpc) is 3.42. The normalized spacial score (nSPS) is 22.0. The fraction of sp³-hybridized carbons (Fsp3) is 0.500. The van der Waals surface area contributed by atoms with E-state index in [1.165, 1.54) is 12.8 Å². The van der Waals surface area contributed by atoms with Crippen LogP contribution in [0.1, 0.15) is 25.7 Å². The van der Waals surface area contributed by atoms with E-state index in [-0.39, 0.29) is 12.6 Å². The summed E-state index contributed by atoms with van der Waals surface area (Å²) in [5.41, 5.74) is 1.44. The molecule has 0 amide bonds. The van der Waals surface area contributed by atoms with Gasteiger partial charge in [0.1, 0.15) is 5.69 Å². The maximum Gasteiger partial charge on any atom is 0.317 e. The largest absolute Gasteiger partial charge is 0.480 e. The molecule has 26 heavy (non-hydrogen) atoms. The second-order valence-corrected chi connectivity index (χ2v) is 7.09. The van der Waals surface area contributed by atoms with Crippen LogP contribution < -0.4 is 5.32 Å². The van der Waals surface area contributed by atoms with Gasteiger partial charge in [0.25, 0.3) is 0 Å². The number of hydrogen-bond acceptors (Lipinski definition) is 7. The van der Waals surface area contributed by atoms with Gasteiger partial charge in [0.15, 0.2) is 0 Å². The van der Waals surface area contributed by atoms with Crippen molar-refractivity contribution in [1.82, 2.24) is 24.8 Å². The first kappa shape index (κ1) is 16.8. The summed E-state index contributed by atoms with van der Waals surface area (Å²) in [4.78, 5) is 30.3. The number of nitrogens with zero attached hydrogens (tertiary/aromatic N) is 5. The van der Waals surface area contributed by atoms with Crippen molar-refractivity contribution in [3.63, 3.8) is 0 Å². The van der Waals surface area contributed by atoms with Crippen molar-refractivity contribution in [2.24, 2.45) is 5.92 Å². The Hall–Kier alpha value is -2.61. The van der Waals surface area contributed by atoms with Crippen LogP contribution in [0, 0.1) is 5.92 Å². The summed E-state index contributed by atoms with van der Waals surface area (Å²) in [5, 5.41) is 12.5. The van der Waals surface area contributed by atoms with Crippen LogP contribution in [0.5, 0.6) is 0 Å². The highest BCUT2D eigenvalue weighted by molar-refractivity contribution is 5.69. The molecule has 0 aromatic carbocycles. The third-order valence-corrected chi connectivity index (χ3v) is 4.97. The Balaban J connectivity index is 1.34. The number of carboxylic acid groups (broad SMARTS) is 1. The predicted molar refractivity (Wildman–Crippen MR) is 95.4 cm³/mol. The van der Waals surface area contributed by atoms with Crippen molar-refractivity contribution in [2.45, 2.75) is 37.8 Å². The van der Waals surface area contributed by atoms with Gasteiger partial charge >= 0.3 is 5.97 Å². The molecule has 0 unspecified atom stereocenters. The Kier molecular flexibility index (Phi) is 4.75. The van der Waals surface area contributed by atoms with Crippen molar-refractivity contribution in [3.05, 3.63) is 30.9 Å². The molecular weight excluding hydrogens is 332 g/mol. The van der Waals surface area contributed by atoms with Crippen LogP contribution >= 0.6 is 0 Å². The first-order valence-electron chi connectivity index (χ1n) is 8.99. The van der Waals surface area contributed by atoms with E-state index in [2.05, 4.69) is 30.2 Å². The van der Waals surface area contributed by atoms with Crippen LogP contribution in [0.3, 0.4) is 0 Å². The number of aromatic nitrogens is 4. The molecule has 2 aromatic heterocycles. The summed E-state index contributed by atoms with van der Waals surface area (Å²) >= 11 is 0. The van der Waals surface area contributed by atoms with Gasteiger partial charge in [-0.2, -0.15) is 0 Å². The lowest BCUT2D eigenvalue weighted by atomic mass is 9.85. The third kappa shape index (κ3) is 4.13. The minimum atomic E-state index is -0.748. The second kappa shape index (κ2) is 7.33. The van der Waals surface area contributed by atoms with Crippen molar-refractivity contribution in [1.29, 1.82) is 0 Å². The van der Waals surface area contributed by atoms with Crippen molar-refractivity contribution < 1.29 is 9.90 Å². The van der Waals surface area contributed by atoms with Crippen LogP contribution in [-0.2, 0) is 4.79 Å². The number of carbonyl (C=O) groups is 1. The standard InChI is InChI=1S/C18H22N6O2/c25-17(26)11-24(10-12-1-2-12)14-7-13(8-14)22-18-21-4-3-15(23-18)16-9-19-5-6-20-16/h3-6,9,12-14H,1-2,7-8,10-11H2,(H,25,26)(H,21,22,23). The molecule has 136 valence electrons. The van der Waals surface area contributed by atoms with Crippen molar-refractivity contribution in [2.75, 3.05) is 18.4 Å². The van der Waals surface area contributed by atoms with Gasteiger partial charge in [-0.1, -0.05) is 0 Å². The van der Waals surface area contributed by atoms with E-state index >= 15 is 0 Å². The zero-order valence-corrected chi connectivity index (χ0v) is 14.5. The number of carboxylic acids is 1. The maximum atomic E-state index is 11.1. The van der Waals surface area contributed by atoms with Crippen LogP contribution in [-0.4, -0.2) is 61.1 Å². The smallest absolute Gasteiger partial charge is 0.317 e. The van der Waals surface area contributed by atoms with Gasteiger partial charge in [-0.3, -0.25) is 19.7 Å². The fourth-order valence-electron chi connectivity index (χ4n) is 3.34. The summed E-state index contributed by atoms with van der Waals surface area (Å²) in [6.45, 7) is 1.04. The molecule has 2 aliphatic rings. The van der Waals surface area contributed by atoms with Gasteiger partial charge in [0, 0.05) is 37.2 Å². The molecule has 0 aliphatic heterocycles. The number of rotatable bonds is 8. The maximum absolute atomic E-state index is 11.1. The van der Waals surface area contributed by atoms with Crippen LogP contribution in [0.2, 0.25) is 0 Å². The number of anilines is 1. The van der Waals surface area contributed by atoms with Gasteiger partial charge in [-0.25, -0.2) is 9.97 Å². The minimum Gasteiger partial charge on any atom is -0.480 e. The quantitative estimate of drug-likeness (QED) is 0.738. The fourth-order valence-corrected chi connectivity index (χ4v) is 3.34. The monoisotopic (exact) mass is 354 g/mol. The SMILES string of the molecule is O=C(O)CN(CC1CC1)C1CC(Nc2nccc(-c3cnccn3)n2)C1. The Morgan fingerprint density at radius 3 is 2.73 bits per heavy atom. The van der Waals surface area contributed by atoms with E-state index in [4.69, 9.17) is 5.11 Å². The first-order valence-corrected chi connectivity index (χ1v) is 8.99. The van der Waals surface area contributed by atoms with Crippen LogP contribution in [0.4, 0.5) is 5.95 Å². The van der Waals surface area contributed by atoms with Crippen LogP contribution in [0.25, 0.3) is 11.4 Å². The van der Waals surface area contributed by atoms with E-state index in [0.717, 1.165) is 25.1 Å². The number of hydrogen-bond donors (Lipinski definition) is 2. The molecule has 0 spiro atoms. The van der Waals surface area contributed by atoms with Crippen molar-refractivity contribution >= 4 is 11.9 Å². The third-order valence-electron chi connectivity index (χ3n) is 4.97. The number of aliphatic carboxylic acids is 1. The molecule has 2 N–H and O–H groups in total. The van der Waals surface area contributed by atoms with Gasteiger partial charge in [-0.05, 0) is 37.7 Å². The molecule has 0 atom stereocenters. The molecule has 2 heterocycles. The summed E-state index contributed by atoms with van der Waals surface area (Å²) in [6.07, 6.45) is 10.9. The molecular formula is C18H22N6O2. The highest BCUT2D eigenvalue weighted by Gasteiger charge is 2.37. The molecule has 8 nitrogen and oxygen atoms in total. The van der Waals surface area contributed by atoms with E-state index < -0.39 is 5.97 Å². The Bertz CT molecular complexity index is 761. The molecule has 0 saturated heterocycles.